The molecular weight excluding hydrogens is 348 g/mol. The zero-order valence-electron chi connectivity index (χ0n) is 16.5. The largest absolute Gasteiger partial charge is 0.300 e. The molecule has 0 aromatic heterocycles. The number of rotatable bonds is 3. The van der Waals surface area contributed by atoms with Gasteiger partial charge in [-0.3, -0.25) is 8.98 Å². The van der Waals surface area contributed by atoms with E-state index in [0.29, 0.717) is 23.5 Å². The van der Waals surface area contributed by atoms with E-state index in [1.165, 1.54) is 12.0 Å². The van der Waals surface area contributed by atoms with Gasteiger partial charge in [-0.05, 0) is 80.5 Å². The van der Waals surface area contributed by atoms with Crippen LogP contribution in [0, 0.1) is 34.5 Å². The van der Waals surface area contributed by atoms with E-state index in [9.17, 15) is 13.2 Å². The molecule has 0 radical (unpaired) electrons. The maximum absolute atomic E-state index is 12.2. The molecule has 5 heteroatoms. The zero-order valence-corrected chi connectivity index (χ0v) is 17.3. The lowest BCUT2D eigenvalue weighted by atomic mass is 9.54. The Morgan fingerprint density at radius 1 is 1.12 bits per heavy atom. The van der Waals surface area contributed by atoms with E-state index in [-0.39, 0.29) is 22.9 Å². The Kier molecular flexibility index (Phi) is 4.24. The van der Waals surface area contributed by atoms with Crippen molar-refractivity contribution in [3.05, 3.63) is 11.6 Å². The molecule has 7 atom stereocenters. The molecule has 0 aromatic carbocycles. The van der Waals surface area contributed by atoms with Crippen molar-refractivity contribution in [2.45, 2.75) is 71.8 Å². The molecule has 0 aromatic rings. The molecule has 0 bridgehead atoms. The number of hydrogen-bond donors (Lipinski definition) is 0. The third kappa shape index (κ3) is 2.72. The predicted octanol–water partition coefficient (Wildman–Crippen LogP) is 4.11. The average molecular weight is 381 g/mol. The SMILES string of the molecule is CC(=O)[C@H]1CC[C@H]2[C@@H]3C=C4C[C@@H](OS(C)(=O)=O)CC[C@]4(C)[C@H]3CC[C@]12C. The summed E-state index contributed by atoms with van der Waals surface area (Å²) >= 11 is 0. The van der Waals surface area contributed by atoms with Crippen molar-refractivity contribution in [2.75, 3.05) is 6.26 Å². The number of allylic oxidation sites excluding steroid dienone is 1. The number of fused-ring (bicyclic) bond motifs is 5. The first kappa shape index (κ1) is 18.7. The fourth-order valence-corrected chi connectivity index (χ4v) is 7.94. The number of ketones is 1. The molecule has 0 amide bonds. The normalized spacial score (nSPS) is 47.7. The van der Waals surface area contributed by atoms with Crippen molar-refractivity contribution in [1.29, 1.82) is 0 Å². The van der Waals surface area contributed by atoms with Gasteiger partial charge in [-0.25, -0.2) is 0 Å². The Morgan fingerprint density at radius 3 is 2.50 bits per heavy atom. The predicted molar refractivity (Wildman–Crippen MR) is 101 cm³/mol. The van der Waals surface area contributed by atoms with E-state index in [1.54, 1.807) is 6.92 Å². The van der Waals surface area contributed by atoms with E-state index in [0.717, 1.165) is 44.8 Å². The van der Waals surface area contributed by atoms with Gasteiger partial charge < -0.3 is 0 Å². The molecule has 0 heterocycles. The fourth-order valence-electron chi connectivity index (χ4n) is 7.28. The molecule has 0 aliphatic heterocycles. The van der Waals surface area contributed by atoms with Crippen LogP contribution in [0.25, 0.3) is 0 Å². The van der Waals surface area contributed by atoms with Crippen molar-refractivity contribution in [1.82, 2.24) is 0 Å². The molecular formula is C21H32O4S. The molecule has 3 saturated carbocycles. The molecule has 0 spiro atoms. The highest BCUT2D eigenvalue weighted by Crippen LogP contribution is 2.67. The lowest BCUT2D eigenvalue weighted by Gasteiger charge is -2.50. The summed E-state index contributed by atoms with van der Waals surface area (Å²) in [5, 5.41) is 0. The molecule has 0 saturated heterocycles. The van der Waals surface area contributed by atoms with E-state index in [2.05, 4.69) is 19.9 Å². The summed E-state index contributed by atoms with van der Waals surface area (Å²) in [6.45, 7) is 6.51. The molecule has 0 unspecified atom stereocenters. The van der Waals surface area contributed by atoms with E-state index < -0.39 is 10.1 Å². The Hall–Kier alpha value is -0.680. The van der Waals surface area contributed by atoms with Crippen molar-refractivity contribution in [3.8, 4) is 0 Å². The van der Waals surface area contributed by atoms with Gasteiger partial charge in [0.15, 0.2) is 0 Å². The van der Waals surface area contributed by atoms with Gasteiger partial charge in [-0.1, -0.05) is 25.5 Å². The second-order valence-electron chi connectivity index (χ2n) is 9.85. The molecule has 3 fully saturated rings. The summed E-state index contributed by atoms with van der Waals surface area (Å²) in [6, 6.07) is 0. The maximum atomic E-state index is 12.2. The third-order valence-electron chi connectivity index (χ3n) is 8.51. The third-order valence-corrected chi connectivity index (χ3v) is 9.13. The average Bonchev–Trinajstić information content (AvgIpc) is 3.00. The summed E-state index contributed by atoms with van der Waals surface area (Å²) in [5.74, 6) is 2.39. The minimum Gasteiger partial charge on any atom is -0.300 e. The molecule has 146 valence electrons. The van der Waals surface area contributed by atoms with Crippen LogP contribution in [0.5, 0.6) is 0 Å². The van der Waals surface area contributed by atoms with Crippen molar-refractivity contribution < 1.29 is 17.4 Å². The topological polar surface area (TPSA) is 60.4 Å². The van der Waals surface area contributed by atoms with Gasteiger partial charge >= 0.3 is 0 Å². The second-order valence-corrected chi connectivity index (χ2v) is 11.5. The van der Waals surface area contributed by atoms with Crippen LogP contribution in [0.15, 0.2) is 11.6 Å². The van der Waals surface area contributed by atoms with Crippen LogP contribution in [0.2, 0.25) is 0 Å². The van der Waals surface area contributed by atoms with Crippen LogP contribution in [0.1, 0.15) is 65.7 Å². The highest BCUT2D eigenvalue weighted by atomic mass is 32.2. The van der Waals surface area contributed by atoms with Crippen LogP contribution < -0.4 is 0 Å². The monoisotopic (exact) mass is 380 g/mol. The summed E-state index contributed by atoms with van der Waals surface area (Å²) < 4.78 is 28.4. The van der Waals surface area contributed by atoms with Gasteiger partial charge in [-0.15, -0.1) is 0 Å². The molecule has 4 aliphatic rings. The van der Waals surface area contributed by atoms with Gasteiger partial charge in [0.25, 0.3) is 10.1 Å². The first-order chi connectivity index (χ1) is 12.0. The van der Waals surface area contributed by atoms with Crippen LogP contribution in [-0.2, 0) is 19.1 Å². The van der Waals surface area contributed by atoms with Gasteiger partial charge in [0.2, 0.25) is 0 Å². The Morgan fingerprint density at radius 2 is 1.85 bits per heavy atom. The van der Waals surface area contributed by atoms with E-state index >= 15 is 0 Å². The van der Waals surface area contributed by atoms with Gasteiger partial charge in [-0.2, -0.15) is 8.42 Å². The smallest absolute Gasteiger partial charge is 0.264 e. The highest BCUT2D eigenvalue weighted by Gasteiger charge is 2.60. The van der Waals surface area contributed by atoms with Gasteiger partial charge in [0, 0.05) is 5.92 Å². The minimum absolute atomic E-state index is 0.149. The number of carbonyl (C=O) groups excluding carboxylic acids is 1. The molecule has 4 rings (SSSR count). The summed E-state index contributed by atoms with van der Waals surface area (Å²) in [7, 11) is -3.40. The first-order valence-corrected chi connectivity index (χ1v) is 12.0. The lowest BCUT2D eigenvalue weighted by molar-refractivity contribution is -0.126. The van der Waals surface area contributed by atoms with E-state index in [1.807, 2.05) is 0 Å². The van der Waals surface area contributed by atoms with Crippen LogP contribution in [-0.4, -0.2) is 26.6 Å². The lowest BCUT2D eigenvalue weighted by Crippen LogP contribution is -2.45. The van der Waals surface area contributed by atoms with Crippen LogP contribution in [0.3, 0.4) is 0 Å². The Balaban J connectivity index is 1.61. The molecule has 4 aliphatic carbocycles. The van der Waals surface area contributed by atoms with E-state index in [4.69, 9.17) is 4.18 Å². The molecule has 26 heavy (non-hydrogen) atoms. The maximum Gasteiger partial charge on any atom is 0.264 e. The van der Waals surface area contributed by atoms with Crippen molar-refractivity contribution in [2.24, 2.45) is 34.5 Å². The van der Waals surface area contributed by atoms with Gasteiger partial charge in [0.1, 0.15) is 5.78 Å². The molecule has 4 nitrogen and oxygen atoms in total. The minimum atomic E-state index is -3.40. The summed E-state index contributed by atoms with van der Waals surface area (Å²) in [6.07, 6.45) is 10.5. The van der Waals surface area contributed by atoms with Crippen LogP contribution >= 0.6 is 0 Å². The van der Waals surface area contributed by atoms with Crippen LogP contribution in [0.4, 0.5) is 0 Å². The Bertz CT molecular complexity index is 754. The number of carbonyl (C=O) groups is 1. The highest BCUT2D eigenvalue weighted by molar-refractivity contribution is 7.86. The fraction of sp³-hybridized carbons (Fsp3) is 0.857. The standard InChI is InChI=1S/C21H32O4S/c1-13(22)17-5-6-18-16-12-14-11-15(25-26(4,23)24)7-9-20(14,2)19(16)8-10-21(17,18)3/h12,15-19H,5-11H2,1-4H3/t15-,16-,17+,18-,19-,20-,21+/m0/s1. The van der Waals surface area contributed by atoms with Crippen molar-refractivity contribution >= 4 is 15.9 Å². The number of Topliss-reactive ketones (excluding diaryl/α,β-unsaturated/α-hetero) is 1. The summed E-state index contributed by atoms with van der Waals surface area (Å²) in [4.78, 5) is 12.2. The zero-order chi connectivity index (χ0) is 18.9. The molecule has 0 N–H and O–H groups in total. The van der Waals surface area contributed by atoms with Gasteiger partial charge in [0.05, 0.1) is 12.4 Å². The quantitative estimate of drug-likeness (QED) is 0.546. The first-order valence-electron chi connectivity index (χ1n) is 10.1. The second kappa shape index (κ2) is 5.91. The van der Waals surface area contributed by atoms with Crippen molar-refractivity contribution in [3.63, 3.8) is 0 Å². The Labute approximate surface area is 157 Å². The summed E-state index contributed by atoms with van der Waals surface area (Å²) in [5.41, 5.74) is 1.76. The number of hydrogen-bond acceptors (Lipinski definition) is 4.